The number of halogens is 2. The van der Waals surface area contributed by atoms with Gasteiger partial charge in [0.25, 0.3) is 5.91 Å². The standard InChI is InChI=1S/C12H10BrClN4O/c13-9-2-1-7(5-10(9)14)17-12(19)8-6-16-4-3-11(8)18-15/h1-6H,15H2,(H,16,18)(H,17,19). The van der Waals surface area contributed by atoms with Gasteiger partial charge in [-0.15, -0.1) is 0 Å². The summed E-state index contributed by atoms with van der Waals surface area (Å²) in [4.78, 5) is 16.0. The number of pyridine rings is 1. The number of carbonyl (C=O) groups is 1. The Hall–Kier alpha value is -1.63. The van der Waals surface area contributed by atoms with E-state index in [0.29, 0.717) is 22.0 Å². The SMILES string of the molecule is NNc1ccncc1C(=O)Nc1ccc(Br)c(Cl)c1. The lowest BCUT2D eigenvalue weighted by atomic mass is 10.2. The molecule has 0 radical (unpaired) electrons. The normalized spacial score (nSPS) is 10.1. The lowest BCUT2D eigenvalue weighted by Crippen LogP contribution is -2.17. The molecule has 1 aromatic heterocycles. The van der Waals surface area contributed by atoms with Crippen LogP contribution >= 0.6 is 27.5 Å². The van der Waals surface area contributed by atoms with Crippen molar-refractivity contribution in [3.63, 3.8) is 0 Å². The largest absolute Gasteiger partial charge is 0.323 e. The van der Waals surface area contributed by atoms with Crippen LogP contribution < -0.4 is 16.6 Å². The van der Waals surface area contributed by atoms with E-state index in [0.717, 1.165) is 4.47 Å². The molecule has 2 aromatic rings. The number of aromatic nitrogens is 1. The first-order valence-electron chi connectivity index (χ1n) is 5.29. The fraction of sp³-hybridized carbons (Fsp3) is 0. The number of carbonyl (C=O) groups excluding carboxylic acids is 1. The lowest BCUT2D eigenvalue weighted by molar-refractivity contribution is 0.102. The summed E-state index contributed by atoms with van der Waals surface area (Å²) in [7, 11) is 0. The molecule has 0 aliphatic carbocycles. The van der Waals surface area contributed by atoms with Gasteiger partial charge in [-0.05, 0) is 40.2 Å². The van der Waals surface area contributed by atoms with Crippen molar-refractivity contribution in [2.75, 3.05) is 10.7 Å². The molecule has 0 unspecified atom stereocenters. The summed E-state index contributed by atoms with van der Waals surface area (Å²) in [5, 5.41) is 3.24. The maximum atomic E-state index is 12.1. The van der Waals surface area contributed by atoms with Gasteiger partial charge in [-0.2, -0.15) is 0 Å². The van der Waals surface area contributed by atoms with Gasteiger partial charge in [0, 0.05) is 22.6 Å². The maximum Gasteiger partial charge on any atom is 0.259 e. The van der Waals surface area contributed by atoms with Crippen molar-refractivity contribution in [1.29, 1.82) is 0 Å². The Bertz CT molecular complexity index is 620. The van der Waals surface area contributed by atoms with Crippen molar-refractivity contribution in [2.45, 2.75) is 0 Å². The summed E-state index contributed by atoms with van der Waals surface area (Å²) >= 11 is 9.24. The van der Waals surface area contributed by atoms with Gasteiger partial charge in [-0.25, -0.2) is 0 Å². The number of hydrogen-bond donors (Lipinski definition) is 3. The van der Waals surface area contributed by atoms with Gasteiger partial charge in [0.2, 0.25) is 0 Å². The van der Waals surface area contributed by atoms with Crippen LogP contribution in [-0.4, -0.2) is 10.9 Å². The van der Waals surface area contributed by atoms with E-state index in [2.05, 4.69) is 31.7 Å². The predicted octanol–water partition coefficient (Wildman–Crippen LogP) is 3.04. The topological polar surface area (TPSA) is 80.0 Å². The van der Waals surface area contributed by atoms with Gasteiger partial charge in [0.05, 0.1) is 16.3 Å². The Labute approximate surface area is 123 Å². The van der Waals surface area contributed by atoms with Gasteiger partial charge in [0.1, 0.15) is 0 Å². The number of amides is 1. The van der Waals surface area contributed by atoms with E-state index in [1.165, 1.54) is 6.20 Å². The molecule has 98 valence electrons. The second-order valence-corrected chi connectivity index (χ2v) is 4.91. The molecule has 0 atom stereocenters. The number of benzene rings is 1. The van der Waals surface area contributed by atoms with Crippen LogP contribution in [0, 0.1) is 0 Å². The predicted molar refractivity (Wildman–Crippen MR) is 79.2 cm³/mol. The highest BCUT2D eigenvalue weighted by Gasteiger charge is 2.11. The zero-order valence-electron chi connectivity index (χ0n) is 9.65. The van der Waals surface area contributed by atoms with E-state index in [9.17, 15) is 4.79 Å². The number of hydrazine groups is 1. The molecule has 0 bridgehead atoms. The Morgan fingerprint density at radius 2 is 2.16 bits per heavy atom. The lowest BCUT2D eigenvalue weighted by Gasteiger charge is -2.09. The van der Waals surface area contributed by atoms with Crippen LogP contribution in [0.4, 0.5) is 11.4 Å². The highest BCUT2D eigenvalue weighted by molar-refractivity contribution is 9.10. The average molecular weight is 342 g/mol. The molecule has 1 heterocycles. The van der Waals surface area contributed by atoms with E-state index in [-0.39, 0.29) is 5.91 Å². The molecule has 4 N–H and O–H groups in total. The van der Waals surface area contributed by atoms with E-state index in [1.54, 1.807) is 30.5 Å². The zero-order valence-corrected chi connectivity index (χ0v) is 12.0. The third-order valence-corrected chi connectivity index (χ3v) is 3.63. The molecular weight excluding hydrogens is 332 g/mol. The van der Waals surface area contributed by atoms with Gasteiger partial charge in [-0.3, -0.25) is 15.6 Å². The van der Waals surface area contributed by atoms with Gasteiger partial charge in [0.15, 0.2) is 0 Å². The smallest absolute Gasteiger partial charge is 0.259 e. The fourth-order valence-corrected chi connectivity index (χ4v) is 1.90. The Morgan fingerprint density at radius 3 is 2.84 bits per heavy atom. The molecule has 5 nitrogen and oxygen atoms in total. The van der Waals surface area contributed by atoms with E-state index in [4.69, 9.17) is 17.4 Å². The van der Waals surface area contributed by atoms with Crippen molar-refractivity contribution < 1.29 is 4.79 Å². The highest BCUT2D eigenvalue weighted by Crippen LogP contribution is 2.26. The molecule has 0 aliphatic rings. The third-order valence-electron chi connectivity index (χ3n) is 2.40. The number of anilines is 2. The number of nitrogens with one attached hydrogen (secondary N) is 2. The van der Waals surface area contributed by atoms with E-state index < -0.39 is 0 Å². The molecule has 2 rings (SSSR count). The molecule has 1 amide bonds. The second kappa shape index (κ2) is 6.01. The average Bonchev–Trinajstić information content (AvgIpc) is 2.43. The molecule has 0 saturated carbocycles. The van der Waals surface area contributed by atoms with E-state index in [1.807, 2.05) is 0 Å². The summed E-state index contributed by atoms with van der Waals surface area (Å²) in [6.45, 7) is 0. The van der Waals surface area contributed by atoms with Crippen LogP contribution in [-0.2, 0) is 0 Å². The van der Waals surface area contributed by atoms with Crippen molar-refractivity contribution in [2.24, 2.45) is 5.84 Å². The molecule has 0 saturated heterocycles. The summed E-state index contributed by atoms with van der Waals surface area (Å²) in [5.41, 5.74) is 3.88. The fourth-order valence-electron chi connectivity index (χ4n) is 1.47. The van der Waals surface area contributed by atoms with Crippen LogP contribution in [0.25, 0.3) is 0 Å². The molecule has 19 heavy (non-hydrogen) atoms. The highest BCUT2D eigenvalue weighted by atomic mass is 79.9. The summed E-state index contributed by atoms with van der Waals surface area (Å²) in [5.74, 6) is 5.02. The van der Waals surface area contributed by atoms with Crippen LogP contribution in [0.2, 0.25) is 5.02 Å². The first kappa shape index (κ1) is 13.8. The minimum absolute atomic E-state index is 0.320. The molecule has 1 aromatic carbocycles. The Balaban J connectivity index is 2.23. The summed E-state index contributed by atoms with van der Waals surface area (Å²) in [6, 6.07) is 6.75. The number of hydrogen-bond acceptors (Lipinski definition) is 4. The maximum absolute atomic E-state index is 12.1. The number of rotatable bonds is 3. The van der Waals surface area contributed by atoms with Crippen LogP contribution in [0.1, 0.15) is 10.4 Å². The molecule has 0 fully saturated rings. The van der Waals surface area contributed by atoms with Crippen molar-refractivity contribution in [1.82, 2.24) is 4.98 Å². The van der Waals surface area contributed by atoms with Gasteiger partial charge >= 0.3 is 0 Å². The second-order valence-electron chi connectivity index (χ2n) is 3.65. The van der Waals surface area contributed by atoms with Gasteiger partial charge in [-0.1, -0.05) is 11.6 Å². The Morgan fingerprint density at radius 1 is 1.37 bits per heavy atom. The first-order valence-corrected chi connectivity index (χ1v) is 6.46. The van der Waals surface area contributed by atoms with Crippen molar-refractivity contribution in [3.8, 4) is 0 Å². The minimum Gasteiger partial charge on any atom is -0.323 e. The van der Waals surface area contributed by atoms with Crippen LogP contribution in [0.15, 0.2) is 41.1 Å². The summed E-state index contributed by atoms with van der Waals surface area (Å²) < 4.78 is 0.762. The molecule has 7 heteroatoms. The zero-order chi connectivity index (χ0) is 13.8. The van der Waals surface area contributed by atoms with Crippen molar-refractivity contribution >= 4 is 44.8 Å². The van der Waals surface area contributed by atoms with E-state index >= 15 is 0 Å². The number of nitrogens with two attached hydrogens (primary N) is 1. The monoisotopic (exact) mass is 340 g/mol. The minimum atomic E-state index is -0.320. The molecular formula is C12H10BrClN4O. The van der Waals surface area contributed by atoms with Crippen molar-refractivity contribution in [3.05, 3.63) is 51.7 Å². The number of nitrogens with zero attached hydrogens (tertiary/aromatic N) is 1. The van der Waals surface area contributed by atoms with Crippen LogP contribution in [0.3, 0.4) is 0 Å². The molecule has 0 spiro atoms. The quantitative estimate of drug-likeness (QED) is 0.592. The van der Waals surface area contributed by atoms with Gasteiger partial charge < -0.3 is 10.7 Å². The molecule has 0 aliphatic heterocycles. The summed E-state index contributed by atoms with van der Waals surface area (Å²) in [6.07, 6.45) is 2.98. The third kappa shape index (κ3) is 3.23. The van der Waals surface area contributed by atoms with Crippen LogP contribution in [0.5, 0.6) is 0 Å². The Kier molecular flexibility index (Phi) is 4.36. The number of nitrogen functional groups attached to an aromatic ring is 1. The first-order chi connectivity index (χ1) is 9.11.